The number of nitrogens with two attached hydrogens (primary N) is 1. The highest BCUT2D eigenvalue weighted by atomic mass is 16.6. The molecule has 26 heavy (non-hydrogen) atoms. The van der Waals surface area contributed by atoms with Gasteiger partial charge in [-0.05, 0) is 57.1 Å². The lowest BCUT2D eigenvalue weighted by molar-refractivity contribution is -0.152. The number of esters is 1. The minimum Gasteiger partial charge on any atom is -0.460 e. The topological polar surface area (TPSA) is 104 Å². The Kier molecular flexibility index (Phi) is 6.10. The molecule has 4 atom stereocenters. The van der Waals surface area contributed by atoms with Gasteiger partial charge in [0.2, 0.25) is 0 Å². The Morgan fingerprint density at radius 2 is 2.00 bits per heavy atom. The van der Waals surface area contributed by atoms with E-state index in [1.54, 1.807) is 33.2 Å². The van der Waals surface area contributed by atoms with Crippen molar-refractivity contribution < 1.29 is 19.1 Å². The van der Waals surface area contributed by atoms with Crippen molar-refractivity contribution in [3.63, 3.8) is 0 Å². The number of rotatable bonds is 3. The second-order valence-electron chi connectivity index (χ2n) is 7.98. The van der Waals surface area contributed by atoms with E-state index >= 15 is 0 Å². The van der Waals surface area contributed by atoms with Crippen LogP contribution in [0.5, 0.6) is 0 Å². The Hall–Kier alpha value is -2.31. The van der Waals surface area contributed by atoms with Crippen LogP contribution in [0, 0.1) is 5.92 Å². The number of alkyl carbamates (subject to hydrolysis) is 1. The monoisotopic (exact) mass is 363 g/mol. The molecule has 3 N–H and O–H groups in total. The number of carbonyl (C=O) groups is 2. The van der Waals surface area contributed by atoms with Crippen molar-refractivity contribution in [2.24, 2.45) is 5.92 Å². The summed E-state index contributed by atoms with van der Waals surface area (Å²) < 4.78 is 10.9. The molecule has 1 aliphatic carbocycles. The van der Waals surface area contributed by atoms with Crippen LogP contribution in [0.25, 0.3) is 0 Å². The Labute approximate surface area is 154 Å². The van der Waals surface area contributed by atoms with Crippen LogP contribution in [-0.4, -0.2) is 34.8 Å². The lowest BCUT2D eigenvalue weighted by atomic mass is 9.74. The van der Waals surface area contributed by atoms with Crippen molar-refractivity contribution in [1.29, 1.82) is 0 Å². The number of ether oxygens (including phenoxy) is 2. The number of nitrogens with one attached hydrogen (secondary N) is 1. The van der Waals surface area contributed by atoms with Crippen LogP contribution >= 0.6 is 0 Å². The molecule has 7 nitrogen and oxygen atoms in total. The average molecular weight is 363 g/mol. The number of amides is 1. The summed E-state index contributed by atoms with van der Waals surface area (Å²) in [5.74, 6) is -0.162. The van der Waals surface area contributed by atoms with Gasteiger partial charge in [0.15, 0.2) is 0 Å². The van der Waals surface area contributed by atoms with Crippen LogP contribution in [0.1, 0.15) is 58.9 Å². The third kappa shape index (κ3) is 5.34. The third-order valence-electron chi connectivity index (χ3n) is 4.48. The number of pyridine rings is 1. The van der Waals surface area contributed by atoms with Gasteiger partial charge in [-0.3, -0.25) is 9.78 Å². The number of hydrogen-bond donors (Lipinski definition) is 2. The molecule has 1 aliphatic rings. The summed E-state index contributed by atoms with van der Waals surface area (Å²) >= 11 is 0. The van der Waals surface area contributed by atoms with Gasteiger partial charge in [0, 0.05) is 13.1 Å². The smallest absolute Gasteiger partial charge is 0.408 e. The van der Waals surface area contributed by atoms with Crippen LogP contribution in [0.4, 0.5) is 10.5 Å². The quantitative estimate of drug-likeness (QED) is 0.800. The van der Waals surface area contributed by atoms with E-state index in [0.717, 1.165) is 12.0 Å². The molecule has 1 saturated carbocycles. The summed E-state index contributed by atoms with van der Waals surface area (Å²) in [5.41, 5.74) is 7.12. The first kappa shape index (κ1) is 20.0. The van der Waals surface area contributed by atoms with Crippen molar-refractivity contribution in [2.75, 3.05) is 5.73 Å². The van der Waals surface area contributed by atoms with Gasteiger partial charge in [-0.25, -0.2) is 4.79 Å². The zero-order chi connectivity index (χ0) is 19.5. The molecule has 0 saturated heterocycles. The Morgan fingerprint density at radius 3 is 2.58 bits per heavy atom. The minimum absolute atomic E-state index is 0.0603. The van der Waals surface area contributed by atoms with E-state index in [1.807, 2.05) is 13.0 Å². The summed E-state index contributed by atoms with van der Waals surface area (Å²) in [5, 5.41) is 2.89. The van der Waals surface area contributed by atoms with E-state index < -0.39 is 17.8 Å². The molecule has 1 fully saturated rings. The molecule has 0 radical (unpaired) electrons. The molecule has 0 aromatic carbocycles. The van der Waals surface area contributed by atoms with E-state index in [1.165, 1.54) is 6.92 Å². The molecule has 1 amide bonds. The van der Waals surface area contributed by atoms with Crippen molar-refractivity contribution >= 4 is 17.7 Å². The molecule has 1 aromatic rings. The van der Waals surface area contributed by atoms with Gasteiger partial charge in [0.25, 0.3) is 0 Å². The predicted molar refractivity (Wildman–Crippen MR) is 98.5 cm³/mol. The summed E-state index contributed by atoms with van der Waals surface area (Å²) in [6.45, 7) is 8.81. The van der Waals surface area contributed by atoms with Crippen LogP contribution in [0.2, 0.25) is 0 Å². The number of carbonyl (C=O) groups excluding carboxylic acids is 2. The van der Waals surface area contributed by atoms with Crippen LogP contribution in [0.15, 0.2) is 18.5 Å². The number of nitrogens with zero attached hydrogens (tertiary/aromatic N) is 1. The summed E-state index contributed by atoms with van der Waals surface area (Å²) in [6, 6.07) is 1.55. The fraction of sp³-hybridized carbons (Fsp3) is 0.632. The third-order valence-corrected chi connectivity index (χ3v) is 4.48. The maximum absolute atomic E-state index is 12.3. The van der Waals surface area contributed by atoms with E-state index in [-0.39, 0.29) is 23.8 Å². The zero-order valence-electron chi connectivity index (χ0n) is 16.1. The maximum atomic E-state index is 12.3. The van der Waals surface area contributed by atoms with Crippen LogP contribution in [-0.2, 0) is 14.3 Å². The van der Waals surface area contributed by atoms with Crippen LogP contribution in [0.3, 0.4) is 0 Å². The normalized spacial score (nSPS) is 26.0. The lowest BCUT2D eigenvalue weighted by Gasteiger charge is -2.40. The number of nitrogen functional groups attached to an aromatic ring is 1. The molecule has 1 unspecified atom stereocenters. The van der Waals surface area contributed by atoms with Gasteiger partial charge in [-0.1, -0.05) is 6.92 Å². The fourth-order valence-corrected chi connectivity index (χ4v) is 3.55. The van der Waals surface area contributed by atoms with Crippen molar-refractivity contribution in [3.8, 4) is 0 Å². The molecule has 2 rings (SSSR count). The Balaban J connectivity index is 2.21. The summed E-state index contributed by atoms with van der Waals surface area (Å²) in [4.78, 5) is 27.8. The standard InChI is InChI=1S/C19H29N3O4/c1-11-8-13(14-6-7-21-10-15(14)20)9-16(17(11)25-12(2)23)22-18(24)26-19(3,4)5/h6-7,10-11,13,16-17H,8-9,20H2,1-5H3,(H,22,24)/t11-,13?,16+,17+/m0/s1. The largest absolute Gasteiger partial charge is 0.460 e. The van der Waals surface area contributed by atoms with Gasteiger partial charge >= 0.3 is 12.1 Å². The number of hydrogen-bond acceptors (Lipinski definition) is 6. The second-order valence-corrected chi connectivity index (χ2v) is 7.98. The Morgan fingerprint density at radius 1 is 1.31 bits per heavy atom. The highest BCUT2D eigenvalue weighted by Crippen LogP contribution is 2.39. The number of aromatic nitrogens is 1. The fourth-order valence-electron chi connectivity index (χ4n) is 3.55. The molecule has 144 valence electrons. The first-order chi connectivity index (χ1) is 12.1. The molecule has 0 bridgehead atoms. The summed E-state index contributed by atoms with van der Waals surface area (Å²) in [6.07, 6.45) is 3.84. The van der Waals surface area contributed by atoms with Crippen molar-refractivity contribution in [3.05, 3.63) is 24.0 Å². The Bertz CT molecular complexity index is 656. The second kappa shape index (κ2) is 7.93. The van der Waals surface area contributed by atoms with E-state index in [2.05, 4.69) is 10.3 Å². The first-order valence-electron chi connectivity index (χ1n) is 8.93. The zero-order valence-corrected chi connectivity index (χ0v) is 16.1. The molecular weight excluding hydrogens is 334 g/mol. The molecule has 0 aliphatic heterocycles. The maximum Gasteiger partial charge on any atom is 0.408 e. The highest BCUT2D eigenvalue weighted by Gasteiger charge is 2.40. The lowest BCUT2D eigenvalue weighted by Crippen LogP contribution is -2.52. The van der Waals surface area contributed by atoms with Gasteiger partial charge in [0.05, 0.1) is 17.9 Å². The molecule has 1 heterocycles. The van der Waals surface area contributed by atoms with E-state index in [4.69, 9.17) is 15.2 Å². The molecule has 0 spiro atoms. The predicted octanol–water partition coefficient (Wildman–Crippen LogP) is 3.00. The van der Waals surface area contributed by atoms with E-state index in [0.29, 0.717) is 12.1 Å². The molecular formula is C19H29N3O4. The highest BCUT2D eigenvalue weighted by molar-refractivity contribution is 5.69. The van der Waals surface area contributed by atoms with Crippen molar-refractivity contribution in [2.45, 2.75) is 71.1 Å². The first-order valence-corrected chi connectivity index (χ1v) is 8.93. The average Bonchev–Trinajstić information content (AvgIpc) is 2.48. The van der Waals surface area contributed by atoms with E-state index in [9.17, 15) is 9.59 Å². The number of anilines is 1. The van der Waals surface area contributed by atoms with Crippen LogP contribution < -0.4 is 11.1 Å². The minimum atomic E-state index is -0.601. The molecule has 1 aromatic heterocycles. The molecule has 7 heteroatoms. The van der Waals surface area contributed by atoms with Gasteiger partial charge in [-0.2, -0.15) is 0 Å². The van der Waals surface area contributed by atoms with Gasteiger partial charge in [-0.15, -0.1) is 0 Å². The SMILES string of the molecule is CC(=O)O[C@@H]1[C@@H](C)CC(c2ccncc2N)C[C@H]1NC(=O)OC(C)(C)C. The van der Waals surface area contributed by atoms with Crippen molar-refractivity contribution in [1.82, 2.24) is 10.3 Å². The van der Waals surface area contributed by atoms with Gasteiger partial charge < -0.3 is 20.5 Å². The summed E-state index contributed by atoms with van der Waals surface area (Å²) in [7, 11) is 0. The van der Waals surface area contributed by atoms with Gasteiger partial charge in [0.1, 0.15) is 11.7 Å².